The summed E-state index contributed by atoms with van der Waals surface area (Å²) in [6.07, 6.45) is 7.01. The second-order valence-corrected chi connectivity index (χ2v) is 6.75. The van der Waals surface area contributed by atoms with Crippen LogP contribution in [0.25, 0.3) is 0 Å². The molecule has 0 bridgehead atoms. The molecule has 0 aliphatic carbocycles. The highest BCUT2D eigenvalue weighted by Crippen LogP contribution is 2.19. The number of carbonyl (C=O) groups excluding carboxylic acids is 3. The fraction of sp³-hybridized carbons (Fsp3) is 0.632. The van der Waals surface area contributed by atoms with Gasteiger partial charge in [0.05, 0.1) is 0 Å². The van der Waals surface area contributed by atoms with Crippen molar-refractivity contribution in [1.82, 2.24) is 15.4 Å². The van der Waals surface area contributed by atoms with E-state index in [0.717, 1.165) is 38.5 Å². The van der Waals surface area contributed by atoms with Gasteiger partial charge in [0, 0.05) is 37.6 Å². The predicted octanol–water partition coefficient (Wildman–Crippen LogP) is 1.62. The largest absolute Gasteiger partial charge is 0.492 e. The molecule has 0 saturated heterocycles. The van der Waals surface area contributed by atoms with Gasteiger partial charge in [-0.3, -0.25) is 9.59 Å². The third-order valence-electron chi connectivity index (χ3n) is 4.26. The van der Waals surface area contributed by atoms with Gasteiger partial charge in [0.1, 0.15) is 0 Å². The van der Waals surface area contributed by atoms with E-state index in [1.807, 2.05) is 6.92 Å². The van der Waals surface area contributed by atoms with Crippen LogP contribution in [-0.2, 0) is 14.4 Å². The van der Waals surface area contributed by atoms with Crippen LogP contribution in [0.1, 0.15) is 64.7 Å². The van der Waals surface area contributed by atoms with Crippen molar-refractivity contribution in [2.24, 2.45) is 0 Å². The van der Waals surface area contributed by atoms with Crippen LogP contribution in [0.3, 0.4) is 0 Å². The second kappa shape index (κ2) is 13.5. The molecule has 1 heterocycles. The molecular formula is C19H31N3O6. The summed E-state index contributed by atoms with van der Waals surface area (Å²) < 4.78 is 0.673. The molecule has 0 radical (unpaired) electrons. The van der Waals surface area contributed by atoms with E-state index < -0.39 is 5.97 Å². The molecule has 2 amide bonds. The molecule has 1 aromatic rings. The number of unbranched alkanes of at least 4 members (excludes halogenated alkanes) is 4. The number of aromatic hydroxyl groups is 2. The molecular weight excluding hydrogens is 366 g/mol. The minimum Gasteiger partial charge on any atom is -0.492 e. The summed E-state index contributed by atoms with van der Waals surface area (Å²) in [4.78, 5) is 38.5. The fourth-order valence-electron chi connectivity index (χ4n) is 2.64. The fourth-order valence-corrected chi connectivity index (χ4v) is 2.64. The highest BCUT2D eigenvalue weighted by Gasteiger charge is 2.11. The van der Waals surface area contributed by atoms with Crippen LogP contribution in [0, 0.1) is 0 Å². The molecule has 158 valence electrons. The summed E-state index contributed by atoms with van der Waals surface area (Å²) >= 11 is 0. The van der Waals surface area contributed by atoms with E-state index in [-0.39, 0.29) is 30.1 Å². The number of rotatable bonds is 15. The number of nitrogens with zero attached hydrogens (tertiary/aromatic N) is 1. The van der Waals surface area contributed by atoms with Crippen molar-refractivity contribution in [2.75, 3.05) is 6.54 Å². The normalized spacial score (nSPS) is 11.6. The SMILES string of the molecule is CC(CCCCNC(=O)CCCCCCC(=O)On1c(O)ccc1O)NC=O. The number of aromatic nitrogens is 1. The average molecular weight is 397 g/mol. The van der Waals surface area contributed by atoms with Gasteiger partial charge >= 0.3 is 5.97 Å². The quantitative estimate of drug-likeness (QED) is 0.263. The summed E-state index contributed by atoms with van der Waals surface area (Å²) in [5.74, 6) is -1.21. The Bertz CT molecular complexity index is 597. The van der Waals surface area contributed by atoms with Crippen molar-refractivity contribution in [3.8, 4) is 11.8 Å². The van der Waals surface area contributed by atoms with Crippen molar-refractivity contribution in [2.45, 2.75) is 70.8 Å². The van der Waals surface area contributed by atoms with Crippen molar-refractivity contribution in [3.05, 3.63) is 12.1 Å². The maximum absolute atomic E-state index is 11.7. The smallest absolute Gasteiger partial charge is 0.333 e. The van der Waals surface area contributed by atoms with Crippen molar-refractivity contribution in [3.63, 3.8) is 0 Å². The number of amides is 2. The van der Waals surface area contributed by atoms with E-state index in [9.17, 15) is 24.6 Å². The number of nitrogens with one attached hydrogen (secondary N) is 2. The molecule has 28 heavy (non-hydrogen) atoms. The van der Waals surface area contributed by atoms with Crippen LogP contribution in [-0.4, -0.2) is 45.8 Å². The monoisotopic (exact) mass is 397 g/mol. The predicted molar refractivity (Wildman–Crippen MR) is 103 cm³/mol. The molecule has 1 unspecified atom stereocenters. The lowest BCUT2D eigenvalue weighted by Gasteiger charge is -2.10. The summed E-state index contributed by atoms with van der Waals surface area (Å²) in [6, 6.07) is 2.60. The Labute approximate surface area is 165 Å². The van der Waals surface area contributed by atoms with Crippen LogP contribution < -0.4 is 15.5 Å². The molecule has 0 fully saturated rings. The molecule has 0 saturated carbocycles. The van der Waals surface area contributed by atoms with Gasteiger partial charge < -0.3 is 25.7 Å². The average Bonchev–Trinajstić information content (AvgIpc) is 2.96. The van der Waals surface area contributed by atoms with Crippen LogP contribution in [0.5, 0.6) is 11.8 Å². The Morgan fingerprint density at radius 3 is 2.36 bits per heavy atom. The van der Waals surface area contributed by atoms with Gasteiger partial charge in [0.15, 0.2) is 0 Å². The molecule has 9 heteroatoms. The van der Waals surface area contributed by atoms with Crippen LogP contribution in [0.15, 0.2) is 12.1 Å². The van der Waals surface area contributed by atoms with E-state index >= 15 is 0 Å². The molecule has 1 atom stereocenters. The highest BCUT2D eigenvalue weighted by molar-refractivity contribution is 5.75. The van der Waals surface area contributed by atoms with Gasteiger partial charge in [-0.15, -0.1) is 4.73 Å². The number of hydrogen-bond acceptors (Lipinski definition) is 6. The van der Waals surface area contributed by atoms with E-state index in [1.54, 1.807) is 0 Å². The molecule has 0 spiro atoms. The van der Waals surface area contributed by atoms with Gasteiger partial charge in [-0.1, -0.05) is 12.8 Å². The first kappa shape index (κ1) is 23.3. The van der Waals surface area contributed by atoms with Gasteiger partial charge in [-0.05, 0) is 39.0 Å². The molecule has 0 aliphatic rings. The molecule has 0 aliphatic heterocycles. The van der Waals surface area contributed by atoms with Crippen molar-refractivity contribution < 1.29 is 29.4 Å². The Morgan fingerprint density at radius 1 is 1.07 bits per heavy atom. The van der Waals surface area contributed by atoms with Gasteiger partial charge in [0.2, 0.25) is 24.1 Å². The first-order chi connectivity index (χ1) is 13.4. The van der Waals surface area contributed by atoms with Crippen molar-refractivity contribution >= 4 is 18.3 Å². The standard InChI is InChI=1S/C19H31N3O6/c1-15(21-14-23)8-6-7-13-20-16(24)9-4-2-3-5-10-19(27)28-22-17(25)11-12-18(22)26/h11-12,14-15,25-26H,2-10,13H2,1H3,(H,20,24)(H,21,23). The maximum atomic E-state index is 11.7. The maximum Gasteiger partial charge on any atom is 0.333 e. The van der Waals surface area contributed by atoms with Crippen LogP contribution in [0.2, 0.25) is 0 Å². The van der Waals surface area contributed by atoms with Gasteiger partial charge in [0.25, 0.3) is 0 Å². The van der Waals surface area contributed by atoms with E-state index in [1.165, 1.54) is 12.1 Å². The molecule has 1 aromatic heterocycles. The summed E-state index contributed by atoms with van der Waals surface area (Å²) in [7, 11) is 0. The Hall–Kier alpha value is -2.71. The third-order valence-corrected chi connectivity index (χ3v) is 4.26. The van der Waals surface area contributed by atoms with Gasteiger partial charge in [-0.2, -0.15) is 0 Å². The molecule has 4 N–H and O–H groups in total. The molecule has 0 aromatic carbocycles. The lowest BCUT2D eigenvalue weighted by atomic mass is 10.1. The van der Waals surface area contributed by atoms with E-state index in [0.29, 0.717) is 30.5 Å². The first-order valence-corrected chi connectivity index (χ1v) is 9.71. The summed E-state index contributed by atoms with van der Waals surface area (Å²) in [5, 5.41) is 24.3. The first-order valence-electron chi connectivity index (χ1n) is 9.71. The Balaban J connectivity index is 1.97. The Kier molecular flexibility index (Phi) is 11.2. The highest BCUT2D eigenvalue weighted by atomic mass is 16.7. The topological polar surface area (TPSA) is 130 Å². The number of carbonyl (C=O) groups is 3. The Morgan fingerprint density at radius 2 is 1.71 bits per heavy atom. The van der Waals surface area contributed by atoms with Gasteiger partial charge in [-0.25, -0.2) is 4.79 Å². The van der Waals surface area contributed by atoms with E-state index in [4.69, 9.17) is 4.84 Å². The zero-order valence-corrected chi connectivity index (χ0v) is 16.4. The van der Waals surface area contributed by atoms with E-state index in [2.05, 4.69) is 10.6 Å². The lowest BCUT2D eigenvalue weighted by molar-refractivity contribution is -0.145. The summed E-state index contributed by atoms with van der Waals surface area (Å²) in [5.41, 5.74) is 0. The zero-order valence-electron chi connectivity index (χ0n) is 16.4. The minimum absolute atomic E-state index is 0.0250. The summed E-state index contributed by atoms with van der Waals surface area (Å²) in [6.45, 7) is 2.58. The van der Waals surface area contributed by atoms with Crippen LogP contribution >= 0.6 is 0 Å². The van der Waals surface area contributed by atoms with Crippen molar-refractivity contribution in [1.29, 1.82) is 0 Å². The number of hydrogen-bond donors (Lipinski definition) is 4. The minimum atomic E-state index is -0.544. The zero-order chi connectivity index (χ0) is 20.8. The molecule has 1 rings (SSSR count). The lowest BCUT2D eigenvalue weighted by Crippen LogP contribution is -2.26. The van der Waals surface area contributed by atoms with Crippen LogP contribution in [0.4, 0.5) is 0 Å². The second-order valence-electron chi connectivity index (χ2n) is 6.75. The third kappa shape index (κ3) is 9.84. The molecule has 9 nitrogen and oxygen atoms in total.